The van der Waals surface area contributed by atoms with Crippen molar-refractivity contribution >= 4 is 27.3 Å². The predicted octanol–water partition coefficient (Wildman–Crippen LogP) is 7.10. The second-order valence-corrected chi connectivity index (χ2v) is 9.53. The van der Waals surface area contributed by atoms with E-state index in [9.17, 15) is 19.4 Å². The largest absolute Gasteiger partial charge is 0.503 e. The minimum atomic E-state index is -0.591. The average Bonchev–Trinajstić information content (AvgIpc) is 3.60. The van der Waals surface area contributed by atoms with Crippen LogP contribution in [0.1, 0.15) is 21.9 Å². The third-order valence-electron chi connectivity index (χ3n) is 6.11. The van der Waals surface area contributed by atoms with Crippen LogP contribution >= 0.6 is 11.3 Å². The van der Waals surface area contributed by atoms with E-state index in [0.29, 0.717) is 21.5 Å². The van der Waals surface area contributed by atoms with Gasteiger partial charge in [-0.2, -0.15) is 0 Å². The van der Waals surface area contributed by atoms with Crippen LogP contribution in [0, 0.1) is 12.7 Å². The third kappa shape index (κ3) is 3.88. The highest BCUT2D eigenvalue weighted by Crippen LogP contribution is 2.45. The summed E-state index contributed by atoms with van der Waals surface area (Å²) in [5, 5.41) is 22.3. The molecular formula is C29H19FN2O4S. The van der Waals surface area contributed by atoms with Gasteiger partial charge in [-0.05, 0) is 53.9 Å². The van der Waals surface area contributed by atoms with Crippen molar-refractivity contribution < 1.29 is 23.8 Å². The molecule has 6 nitrogen and oxygen atoms in total. The number of fused-ring (bicyclic) bond motifs is 1. The Morgan fingerprint density at radius 3 is 2.32 bits per heavy atom. The van der Waals surface area contributed by atoms with Gasteiger partial charge in [0.15, 0.2) is 16.6 Å². The Bertz CT molecular complexity index is 1780. The number of benzene rings is 3. The summed E-state index contributed by atoms with van der Waals surface area (Å²) in [6.45, 7) is 1.71. The van der Waals surface area contributed by atoms with Crippen LogP contribution in [0.25, 0.3) is 37.7 Å². The first-order valence-corrected chi connectivity index (χ1v) is 12.2. The SMILES string of the molecule is Cc1ccc(C(=O)c2c(O)c(O)n(-c3nc4ccc(F)cc4s3)c2-c2ccc(-c3ccccc3)cc2)o1. The average molecular weight is 511 g/mol. The van der Waals surface area contributed by atoms with Crippen molar-refractivity contribution in [2.24, 2.45) is 0 Å². The molecule has 182 valence electrons. The molecule has 0 fully saturated rings. The summed E-state index contributed by atoms with van der Waals surface area (Å²) < 4.78 is 21.2. The van der Waals surface area contributed by atoms with E-state index >= 15 is 0 Å². The summed E-state index contributed by atoms with van der Waals surface area (Å²) in [6, 6.07) is 24.6. The maximum absolute atomic E-state index is 13.8. The number of rotatable bonds is 5. The number of hydrogen-bond acceptors (Lipinski definition) is 6. The Kier molecular flexibility index (Phi) is 5.39. The summed E-state index contributed by atoms with van der Waals surface area (Å²) in [6.07, 6.45) is 0. The van der Waals surface area contributed by atoms with Gasteiger partial charge in [-0.1, -0.05) is 65.9 Å². The van der Waals surface area contributed by atoms with Crippen molar-refractivity contribution in [1.82, 2.24) is 9.55 Å². The summed E-state index contributed by atoms with van der Waals surface area (Å²) in [4.78, 5) is 18.1. The predicted molar refractivity (Wildman–Crippen MR) is 140 cm³/mol. The molecule has 0 aliphatic heterocycles. The van der Waals surface area contributed by atoms with E-state index in [1.165, 1.54) is 28.8 Å². The van der Waals surface area contributed by atoms with E-state index < -0.39 is 23.2 Å². The number of halogens is 1. The lowest BCUT2D eigenvalue weighted by atomic mass is 9.99. The molecule has 0 spiro atoms. The molecule has 0 aliphatic rings. The van der Waals surface area contributed by atoms with Gasteiger partial charge in [0.2, 0.25) is 11.7 Å². The molecule has 8 heteroatoms. The van der Waals surface area contributed by atoms with Crippen molar-refractivity contribution in [3.63, 3.8) is 0 Å². The number of aryl methyl sites for hydroxylation is 1. The summed E-state index contributed by atoms with van der Waals surface area (Å²) in [7, 11) is 0. The Hall–Kier alpha value is -4.69. The molecule has 3 aromatic carbocycles. The quantitative estimate of drug-likeness (QED) is 0.242. The zero-order chi connectivity index (χ0) is 25.7. The molecule has 3 heterocycles. The van der Waals surface area contributed by atoms with Crippen LogP contribution in [0.5, 0.6) is 11.6 Å². The normalized spacial score (nSPS) is 11.3. The zero-order valence-corrected chi connectivity index (χ0v) is 20.3. The lowest BCUT2D eigenvalue weighted by molar-refractivity contribution is 0.101. The van der Waals surface area contributed by atoms with Crippen molar-refractivity contribution in [3.05, 3.63) is 108 Å². The number of hydrogen-bond donors (Lipinski definition) is 2. The first-order chi connectivity index (χ1) is 17.9. The summed E-state index contributed by atoms with van der Waals surface area (Å²) >= 11 is 1.13. The Morgan fingerprint density at radius 1 is 0.919 bits per heavy atom. The number of ketones is 1. The van der Waals surface area contributed by atoms with Gasteiger partial charge in [-0.3, -0.25) is 9.36 Å². The van der Waals surface area contributed by atoms with E-state index in [-0.39, 0.29) is 22.1 Å². The lowest BCUT2D eigenvalue weighted by Crippen LogP contribution is -2.04. The molecule has 0 amide bonds. The molecule has 0 saturated heterocycles. The maximum atomic E-state index is 13.8. The first kappa shape index (κ1) is 22.8. The number of nitrogens with zero attached hydrogens (tertiary/aromatic N) is 2. The zero-order valence-electron chi connectivity index (χ0n) is 19.5. The monoisotopic (exact) mass is 510 g/mol. The van der Waals surface area contributed by atoms with Crippen molar-refractivity contribution in [2.75, 3.05) is 0 Å². The Labute approximate surface area is 214 Å². The van der Waals surface area contributed by atoms with Gasteiger partial charge >= 0.3 is 0 Å². The van der Waals surface area contributed by atoms with Crippen molar-refractivity contribution in [3.8, 4) is 39.1 Å². The third-order valence-corrected chi connectivity index (χ3v) is 7.11. The van der Waals surface area contributed by atoms with Crippen LogP contribution in [0.2, 0.25) is 0 Å². The molecule has 0 saturated carbocycles. The highest BCUT2D eigenvalue weighted by atomic mass is 32.1. The van der Waals surface area contributed by atoms with E-state index in [1.54, 1.807) is 13.0 Å². The van der Waals surface area contributed by atoms with E-state index in [0.717, 1.165) is 22.5 Å². The smallest absolute Gasteiger partial charge is 0.242 e. The fraction of sp³-hybridized carbons (Fsp3) is 0.0345. The lowest BCUT2D eigenvalue weighted by Gasteiger charge is -2.10. The van der Waals surface area contributed by atoms with Gasteiger partial charge in [-0.15, -0.1) is 0 Å². The number of carbonyl (C=O) groups excluding carboxylic acids is 1. The molecule has 6 aromatic rings. The molecule has 3 aromatic heterocycles. The molecule has 0 unspecified atom stereocenters. The number of aromatic hydroxyl groups is 2. The molecular weight excluding hydrogens is 491 g/mol. The standard InChI is InChI=1S/C29H19FN2O4S/c1-16-7-14-22(36-16)26(33)24-25(19-10-8-18(9-11-19)17-5-3-2-4-6-17)32(28(35)27(24)34)29-31-21-13-12-20(30)15-23(21)37-29/h2-15,34-35H,1H3. The second kappa shape index (κ2) is 8.76. The van der Waals surface area contributed by atoms with Gasteiger partial charge in [0, 0.05) is 0 Å². The number of furan rings is 1. The number of carbonyl (C=O) groups is 1. The van der Waals surface area contributed by atoms with E-state index in [1.807, 2.05) is 54.6 Å². The van der Waals surface area contributed by atoms with E-state index in [4.69, 9.17) is 4.42 Å². The highest BCUT2D eigenvalue weighted by molar-refractivity contribution is 7.20. The van der Waals surface area contributed by atoms with E-state index in [2.05, 4.69) is 4.98 Å². The molecule has 0 radical (unpaired) electrons. The highest BCUT2D eigenvalue weighted by Gasteiger charge is 2.32. The van der Waals surface area contributed by atoms with Gasteiger partial charge in [0.1, 0.15) is 11.6 Å². The van der Waals surface area contributed by atoms with Crippen LogP contribution in [0.15, 0.2) is 89.3 Å². The molecule has 0 aliphatic carbocycles. The molecule has 0 bridgehead atoms. The van der Waals surface area contributed by atoms with Gasteiger partial charge in [0.25, 0.3) is 0 Å². The second-order valence-electron chi connectivity index (χ2n) is 8.52. The molecule has 2 N–H and O–H groups in total. The summed E-state index contributed by atoms with van der Waals surface area (Å²) in [5.41, 5.74) is 3.19. The van der Waals surface area contributed by atoms with Crippen LogP contribution in [-0.2, 0) is 0 Å². The van der Waals surface area contributed by atoms with Crippen LogP contribution in [0.3, 0.4) is 0 Å². The molecule has 0 atom stereocenters. The maximum Gasteiger partial charge on any atom is 0.242 e. The van der Waals surface area contributed by atoms with Crippen LogP contribution in [0.4, 0.5) is 4.39 Å². The first-order valence-electron chi connectivity index (χ1n) is 11.4. The van der Waals surface area contributed by atoms with Crippen LogP contribution in [-0.4, -0.2) is 25.5 Å². The van der Waals surface area contributed by atoms with Gasteiger partial charge in [-0.25, -0.2) is 9.37 Å². The van der Waals surface area contributed by atoms with Crippen molar-refractivity contribution in [2.45, 2.75) is 6.92 Å². The number of aromatic nitrogens is 2. The molecule has 6 rings (SSSR count). The topological polar surface area (TPSA) is 88.5 Å². The molecule has 37 heavy (non-hydrogen) atoms. The summed E-state index contributed by atoms with van der Waals surface area (Å²) in [5.74, 6) is -1.58. The van der Waals surface area contributed by atoms with Gasteiger partial charge < -0.3 is 14.6 Å². The Morgan fingerprint density at radius 2 is 1.62 bits per heavy atom. The fourth-order valence-corrected chi connectivity index (χ4v) is 5.33. The van der Waals surface area contributed by atoms with Crippen LogP contribution < -0.4 is 0 Å². The minimum absolute atomic E-state index is 0.0264. The number of thiazole rings is 1. The minimum Gasteiger partial charge on any atom is -0.503 e. The Balaban J connectivity index is 1.58. The van der Waals surface area contributed by atoms with Gasteiger partial charge in [0.05, 0.1) is 21.5 Å². The fourth-order valence-electron chi connectivity index (χ4n) is 4.34. The van der Waals surface area contributed by atoms with Crippen molar-refractivity contribution in [1.29, 1.82) is 0 Å².